The lowest BCUT2D eigenvalue weighted by atomic mass is 10.1. The SMILES string of the molecule is CCCc1nc2ccc(NC(=O)Nc3ccc(Cl)cc3)cc2c(=O)n1Cc1ccccc1Cl. The predicted molar refractivity (Wildman–Crippen MR) is 135 cm³/mol. The van der Waals surface area contributed by atoms with Crippen molar-refractivity contribution >= 4 is 51.5 Å². The minimum Gasteiger partial charge on any atom is -0.308 e. The Morgan fingerprint density at radius 1 is 0.970 bits per heavy atom. The van der Waals surface area contributed by atoms with Crippen molar-refractivity contribution in [3.63, 3.8) is 0 Å². The number of amides is 2. The van der Waals surface area contributed by atoms with Gasteiger partial charge in [-0.2, -0.15) is 0 Å². The second kappa shape index (κ2) is 10.1. The Balaban J connectivity index is 1.66. The number of urea groups is 1. The van der Waals surface area contributed by atoms with Crippen molar-refractivity contribution < 1.29 is 4.79 Å². The van der Waals surface area contributed by atoms with Crippen molar-refractivity contribution in [3.05, 3.63) is 98.5 Å². The molecule has 0 bridgehead atoms. The first kappa shape index (κ1) is 22.8. The van der Waals surface area contributed by atoms with Crippen LogP contribution in [0.2, 0.25) is 10.0 Å². The first-order chi connectivity index (χ1) is 15.9. The maximum Gasteiger partial charge on any atom is 0.323 e. The average Bonchev–Trinajstić information content (AvgIpc) is 2.80. The number of aryl methyl sites for hydroxylation is 1. The smallest absolute Gasteiger partial charge is 0.308 e. The highest BCUT2D eigenvalue weighted by Crippen LogP contribution is 2.20. The van der Waals surface area contributed by atoms with Gasteiger partial charge in [-0.05, 0) is 60.5 Å². The Labute approximate surface area is 201 Å². The summed E-state index contributed by atoms with van der Waals surface area (Å²) in [6.45, 7) is 2.37. The van der Waals surface area contributed by atoms with E-state index in [2.05, 4.69) is 10.6 Å². The van der Waals surface area contributed by atoms with Gasteiger partial charge in [-0.25, -0.2) is 9.78 Å². The number of anilines is 2. The van der Waals surface area contributed by atoms with E-state index >= 15 is 0 Å². The summed E-state index contributed by atoms with van der Waals surface area (Å²) in [6.07, 6.45) is 1.52. The van der Waals surface area contributed by atoms with Crippen molar-refractivity contribution in [2.75, 3.05) is 10.6 Å². The summed E-state index contributed by atoms with van der Waals surface area (Å²) >= 11 is 12.2. The van der Waals surface area contributed by atoms with Gasteiger partial charge in [0.05, 0.1) is 17.4 Å². The highest BCUT2D eigenvalue weighted by atomic mass is 35.5. The molecule has 2 N–H and O–H groups in total. The molecule has 3 aromatic carbocycles. The second-order valence-corrected chi connectivity index (χ2v) is 8.42. The number of carbonyl (C=O) groups excluding carboxylic acids is 1. The third kappa shape index (κ3) is 5.35. The number of nitrogens with one attached hydrogen (secondary N) is 2. The second-order valence-electron chi connectivity index (χ2n) is 7.58. The lowest BCUT2D eigenvalue weighted by molar-refractivity contribution is 0.262. The van der Waals surface area contributed by atoms with Crippen LogP contribution in [0.3, 0.4) is 0 Å². The van der Waals surface area contributed by atoms with Crippen LogP contribution in [-0.4, -0.2) is 15.6 Å². The van der Waals surface area contributed by atoms with Gasteiger partial charge in [0.2, 0.25) is 0 Å². The molecule has 168 valence electrons. The Hall–Kier alpha value is -3.35. The first-order valence-corrected chi connectivity index (χ1v) is 11.3. The van der Waals surface area contributed by atoms with Crippen LogP contribution in [0.25, 0.3) is 10.9 Å². The van der Waals surface area contributed by atoms with Crippen molar-refractivity contribution in [1.29, 1.82) is 0 Å². The van der Waals surface area contributed by atoms with Crippen LogP contribution in [0, 0.1) is 0 Å². The molecule has 33 heavy (non-hydrogen) atoms. The van der Waals surface area contributed by atoms with Crippen LogP contribution in [0.5, 0.6) is 0 Å². The summed E-state index contributed by atoms with van der Waals surface area (Å²) in [6, 6.07) is 18.9. The summed E-state index contributed by atoms with van der Waals surface area (Å²) in [5, 5.41) is 7.10. The molecule has 0 saturated heterocycles. The highest BCUT2D eigenvalue weighted by Gasteiger charge is 2.14. The predicted octanol–water partition coefficient (Wildman–Crippen LogP) is 6.35. The molecule has 0 unspecified atom stereocenters. The zero-order valence-corrected chi connectivity index (χ0v) is 19.5. The lowest BCUT2D eigenvalue weighted by Gasteiger charge is -2.15. The van der Waals surface area contributed by atoms with Crippen LogP contribution < -0.4 is 16.2 Å². The van der Waals surface area contributed by atoms with E-state index < -0.39 is 6.03 Å². The number of hydrogen-bond donors (Lipinski definition) is 2. The number of aromatic nitrogens is 2. The normalized spacial score (nSPS) is 10.9. The van der Waals surface area contributed by atoms with E-state index in [0.717, 1.165) is 12.0 Å². The molecule has 0 aliphatic rings. The fourth-order valence-corrected chi connectivity index (χ4v) is 3.87. The lowest BCUT2D eigenvalue weighted by Crippen LogP contribution is -2.26. The summed E-state index contributed by atoms with van der Waals surface area (Å²) in [4.78, 5) is 30.6. The molecule has 0 atom stereocenters. The zero-order chi connectivity index (χ0) is 23.4. The summed E-state index contributed by atoms with van der Waals surface area (Å²) in [5.74, 6) is 0.705. The molecular weight excluding hydrogens is 459 g/mol. The van der Waals surface area contributed by atoms with Crippen LogP contribution in [0.1, 0.15) is 24.7 Å². The molecule has 0 fully saturated rings. The van der Waals surface area contributed by atoms with Crippen molar-refractivity contribution in [2.24, 2.45) is 0 Å². The molecule has 0 saturated carbocycles. The fourth-order valence-electron chi connectivity index (χ4n) is 3.55. The Morgan fingerprint density at radius 3 is 2.39 bits per heavy atom. The van der Waals surface area contributed by atoms with Gasteiger partial charge >= 0.3 is 6.03 Å². The van der Waals surface area contributed by atoms with E-state index in [0.29, 0.717) is 51.1 Å². The number of halogens is 2. The molecule has 0 radical (unpaired) electrons. The van der Waals surface area contributed by atoms with Crippen LogP contribution in [0.15, 0.2) is 71.5 Å². The molecule has 6 nitrogen and oxygen atoms in total. The molecule has 0 aliphatic carbocycles. The first-order valence-electron chi connectivity index (χ1n) is 10.5. The summed E-state index contributed by atoms with van der Waals surface area (Å²) in [7, 11) is 0. The van der Waals surface area contributed by atoms with E-state index in [9.17, 15) is 9.59 Å². The van der Waals surface area contributed by atoms with Crippen molar-refractivity contribution in [2.45, 2.75) is 26.3 Å². The average molecular weight is 481 g/mol. The van der Waals surface area contributed by atoms with Gasteiger partial charge in [0.15, 0.2) is 0 Å². The molecule has 0 spiro atoms. The minimum atomic E-state index is -0.427. The third-order valence-electron chi connectivity index (χ3n) is 5.15. The van der Waals surface area contributed by atoms with Gasteiger partial charge in [-0.3, -0.25) is 9.36 Å². The molecule has 8 heteroatoms. The number of carbonyl (C=O) groups is 1. The number of rotatable bonds is 6. The molecule has 2 amide bonds. The van der Waals surface area contributed by atoms with Gasteiger partial charge in [0, 0.05) is 27.8 Å². The molecule has 0 aliphatic heterocycles. The highest BCUT2D eigenvalue weighted by molar-refractivity contribution is 6.31. The Kier molecular flexibility index (Phi) is 6.96. The molecule has 4 rings (SSSR count). The van der Waals surface area contributed by atoms with E-state index in [4.69, 9.17) is 28.2 Å². The topological polar surface area (TPSA) is 76.0 Å². The van der Waals surface area contributed by atoms with Gasteiger partial charge < -0.3 is 10.6 Å². The zero-order valence-electron chi connectivity index (χ0n) is 17.9. The largest absolute Gasteiger partial charge is 0.323 e. The maximum atomic E-state index is 13.4. The summed E-state index contributed by atoms with van der Waals surface area (Å²) < 4.78 is 1.66. The Bertz CT molecular complexity index is 1370. The number of fused-ring (bicyclic) bond motifs is 1. The molecular formula is C25H22Cl2N4O2. The van der Waals surface area contributed by atoms with Crippen LogP contribution in [-0.2, 0) is 13.0 Å². The number of benzene rings is 3. The van der Waals surface area contributed by atoms with E-state index in [1.54, 1.807) is 53.1 Å². The van der Waals surface area contributed by atoms with Crippen LogP contribution in [0.4, 0.5) is 16.2 Å². The van der Waals surface area contributed by atoms with Gasteiger partial charge in [0.25, 0.3) is 5.56 Å². The molecule has 4 aromatic rings. The van der Waals surface area contributed by atoms with E-state index in [1.807, 2.05) is 25.1 Å². The minimum absolute atomic E-state index is 0.176. The summed E-state index contributed by atoms with van der Waals surface area (Å²) in [5.41, 5.74) is 2.34. The quantitative estimate of drug-likeness (QED) is 0.337. The Morgan fingerprint density at radius 2 is 1.67 bits per heavy atom. The standard InChI is InChI=1S/C25H22Cl2N4O2/c1-2-5-23-30-22-13-12-19(29-25(33)28-18-10-8-17(26)9-11-18)14-20(22)24(32)31(23)15-16-6-3-4-7-21(16)27/h3-4,6-14H,2,5,15H2,1H3,(H2,28,29,33). The van der Waals surface area contributed by atoms with E-state index in [1.165, 1.54) is 0 Å². The van der Waals surface area contributed by atoms with Gasteiger partial charge in [0.1, 0.15) is 5.82 Å². The van der Waals surface area contributed by atoms with E-state index in [-0.39, 0.29) is 5.56 Å². The number of hydrogen-bond acceptors (Lipinski definition) is 3. The van der Waals surface area contributed by atoms with Gasteiger partial charge in [-0.1, -0.05) is 48.3 Å². The van der Waals surface area contributed by atoms with Gasteiger partial charge in [-0.15, -0.1) is 0 Å². The van der Waals surface area contributed by atoms with Crippen molar-refractivity contribution in [1.82, 2.24) is 9.55 Å². The number of nitrogens with zero attached hydrogens (tertiary/aromatic N) is 2. The van der Waals surface area contributed by atoms with Crippen LogP contribution >= 0.6 is 23.2 Å². The van der Waals surface area contributed by atoms with Crippen molar-refractivity contribution in [3.8, 4) is 0 Å². The molecule has 1 aromatic heterocycles. The monoisotopic (exact) mass is 480 g/mol. The third-order valence-corrected chi connectivity index (χ3v) is 5.77. The fraction of sp³-hybridized carbons (Fsp3) is 0.160. The molecule has 1 heterocycles. The maximum absolute atomic E-state index is 13.4.